The number of ether oxygens (including phenoxy) is 1. The number of fused-ring (bicyclic) bond motifs is 1. The Kier molecular flexibility index (Phi) is 6.72. The normalized spacial score (nSPS) is 13.6. The minimum absolute atomic E-state index is 0.0552. The Balaban J connectivity index is 1.48. The number of amides is 1. The number of rotatable bonds is 6. The predicted octanol–water partition coefficient (Wildman–Crippen LogP) is 6.87. The summed E-state index contributed by atoms with van der Waals surface area (Å²) in [4.78, 5) is 25.8. The van der Waals surface area contributed by atoms with E-state index in [1.54, 1.807) is 30.3 Å². The number of hydrogen-bond acceptors (Lipinski definition) is 6. The van der Waals surface area contributed by atoms with Crippen molar-refractivity contribution in [2.75, 3.05) is 10.3 Å². The molecule has 5 rings (SSSR count). The first-order valence-electron chi connectivity index (χ1n) is 12.1. The summed E-state index contributed by atoms with van der Waals surface area (Å²) >= 11 is 0. The molecule has 0 unspecified atom stereocenters. The van der Waals surface area contributed by atoms with Crippen LogP contribution in [0.4, 0.5) is 26.2 Å². The first-order chi connectivity index (χ1) is 18.7. The lowest BCUT2D eigenvalue weighted by Gasteiger charge is -2.18. The number of carboxylic acid groups (broad SMARTS) is 1. The molecule has 1 amide bonds. The number of hydrogen-bond donors (Lipinski definition) is 3. The van der Waals surface area contributed by atoms with Crippen molar-refractivity contribution in [3.8, 4) is 22.6 Å². The molecule has 1 aliphatic rings. The van der Waals surface area contributed by atoms with Gasteiger partial charge in [0.2, 0.25) is 0 Å². The number of benzene rings is 4. The molecular formula is C30H24FN3O5. The van der Waals surface area contributed by atoms with Gasteiger partial charge in [-0.1, -0.05) is 50.2 Å². The van der Waals surface area contributed by atoms with Crippen molar-refractivity contribution in [3.63, 3.8) is 0 Å². The van der Waals surface area contributed by atoms with Crippen LogP contribution in [0.2, 0.25) is 0 Å². The number of anilines is 3. The number of nitrogens with one attached hydrogen (secondary N) is 1. The molecule has 0 radical (unpaired) electrons. The average molecular weight is 526 g/mol. The third-order valence-corrected chi connectivity index (χ3v) is 6.35. The maximum absolute atomic E-state index is 14.2. The Morgan fingerprint density at radius 2 is 1.72 bits per heavy atom. The van der Waals surface area contributed by atoms with E-state index in [4.69, 9.17) is 9.84 Å². The summed E-state index contributed by atoms with van der Waals surface area (Å²) in [5.74, 6) is -0.691. The van der Waals surface area contributed by atoms with Crippen LogP contribution in [0, 0.1) is 5.82 Å². The van der Waals surface area contributed by atoms with Gasteiger partial charge in [-0.3, -0.25) is 15.1 Å². The van der Waals surface area contributed by atoms with Crippen LogP contribution in [0.3, 0.4) is 0 Å². The van der Waals surface area contributed by atoms with E-state index in [1.807, 2.05) is 24.3 Å². The molecule has 8 nitrogen and oxygen atoms in total. The molecule has 0 aliphatic carbocycles. The monoisotopic (exact) mass is 525 g/mol. The van der Waals surface area contributed by atoms with Crippen LogP contribution in [0.1, 0.15) is 30.9 Å². The van der Waals surface area contributed by atoms with Gasteiger partial charge in [0.25, 0.3) is 5.91 Å². The first-order valence-corrected chi connectivity index (χ1v) is 12.1. The fourth-order valence-corrected chi connectivity index (χ4v) is 4.40. The van der Waals surface area contributed by atoms with E-state index in [0.717, 1.165) is 5.56 Å². The van der Waals surface area contributed by atoms with Gasteiger partial charge in [0.1, 0.15) is 17.3 Å². The highest BCUT2D eigenvalue weighted by molar-refractivity contribution is 6.55. The molecule has 0 bridgehead atoms. The summed E-state index contributed by atoms with van der Waals surface area (Å²) in [6.07, 6.45) is -1.45. The number of halogens is 1. The van der Waals surface area contributed by atoms with Crippen LogP contribution in [0.25, 0.3) is 11.1 Å². The van der Waals surface area contributed by atoms with Gasteiger partial charge in [-0.05, 0) is 65.6 Å². The van der Waals surface area contributed by atoms with Gasteiger partial charge in [0.05, 0.1) is 11.4 Å². The zero-order chi connectivity index (χ0) is 27.7. The van der Waals surface area contributed by atoms with Crippen LogP contribution >= 0.6 is 0 Å². The van der Waals surface area contributed by atoms with Gasteiger partial charge < -0.3 is 14.9 Å². The van der Waals surface area contributed by atoms with Gasteiger partial charge in [0.15, 0.2) is 5.71 Å². The largest absolute Gasteiger partial charge is 0.511 e. The Bertz CT molecular complexity index is 1620. The summed E-state index contributed by atoms with van der Waals surface area (Å²) in [5.41, 5.74) is 6.42. The van der Waals surface area contributed by atoms with Gasteiger partial charge in [-0.2, -0.15) is 5.10 Å². The quantitative estimate of drug-likeness (QED) is 0.110. The highest BCUT2D eigenvalue weighted by atomic mass is 19.1. The average Bonchev–Trinajstić information content (AvgIpc) is 3.18. The molecule has 3 N–H and O–H groups in total. The van der Waals surface area contributed by atoms with Crippen molar-refractivity contribution >= 4 is 34.8 Å². The molecular weight excluding hydrogens is 501 g/mol. The van der Waals surface area contributed by atoms with E-state index in [9.17, 15) is 19.1 Å². The Morgan fingerprint density at radius 3 is 2.44 bits per heavy atom. The third-order valence-electron chi connectivity index (χ3n) is 6.35. The second kappa shape index (κ2) is 10.3. The number of carbonyl (C=O) groups excluding carboxylic acids is 1. The molecule has 0 aromatic heterocycles. The lowest BCUT2D eigenvalue weighted by atomic mass is 10.0. The number of para-hydroxylation sites is 1. The van der Waals surface area contributed by atoms with E-state index in [2.05, 4.69) is 24.4 Å². The van der Waals surface area contributed by atoms with Gasteiger partial charge >= 0.3 is 6.16 Å². The van der Waals surface area contributed by atoms with Crippen LogP contribution in [0.5, 0.6) is 11.5 Å². The number of phenolic OH excluding ortho intramolecular Hbond substituents is 1. The topological polar surface area (TPSA) is 111 Å². The zero-order valence-electron chi connectivity index (χ0n) is 21.1. The van der Waals surface area contributed by atoms with E-state index in [-0.39, 0.29) is 22.9 Å². The second-order valence-electron chi connectivity index (χ2n) is 9.22. The molecule has 196 valence electrons. The van der Waals surface area contributed by atoms with Crippen LogP contribution in [-0.4, -0.2) is 28.0 Å². The molecule has 4 aromatic carbocycles. The van der Waals surface area contributed by atoms with Gasteiger partial charge in [-0.15, -0.1) is 0 Å². The number of hydrazone groups is 1. The summed E-state index contributed by atoms with van der Waals surface area (Å²) in [6.45, 7) is 4.14. The standard InChI is InChI=1S/C30H24FN3O5/c1-17(2)18-9-12-21(13-10-18)34-26-16-20(31)11-14-24(26)27(29(34)36)33-32-25-8-4-7-23(28(25)35)19-5-3-6-22(15-19)39-30(37)38/h3-17,32,35H,1-2H3,(H,37,38). The molecule has 0 spiro atoms. The fraction of sp³-hybridized carbons (Fsp3) is 0.100. The van der Waals surface area contributed by atoms with Crippen molar-refractivity contribution in [2.45, 2.75) is 19.8 Å². The molecule has 4 aromatic rings. The predicted molar refractivity (Wildman–Crippen MR) is 146 cm³/mol. The van der Waals surface area contributed by atoms with Crippen molar-refractivity contribution in [1.29, 1.82) is 0 Å². The molecule has 9 heteroatoms. The van der Waals surface area contributed by atoms with Crippen LogP contribution in [-0.2, 0) is 4.79 Å². The lowest BCUT2D eigenvalue weighted by Crippen LogP contribution is -2.26. The van der Waals surface area contributed by atoms with Crippen LogP contribution < -0.4 is 15.1 Å². The summed E-state index contributed by atoms with van der Waals surface area (Å²) in [7, 11) is 0. The second-order valence-corrected chi connectivity index (χ2v) is 9.22. The molecule has 0 fully saturated rings. The van der Waals surface area contributed by atoms with Crippen molar-refractivity contribution < 1.29 is 28.9 Å². The van der Waals surface area contributed by atoms with E-state index in [1.165, 1.54) is 35.2 Å². The number of nitrogens with zero attached hydrogens (tertiary/aromatic N) is 2. The van der Waals surface area contributed by atoms with Crippen molar-refractivity contribution in [1.82, 2.24) is 0 Å². The third kappa shape index (κ3) is 5.02. The van der Waals surface area contributed by atoms with E-state index in [0.29, 0.717) is 34.0 Å². The molecule has 0 saturated heterocycles. The van der Waals surface area contributed by atoms with Crippen molar-refractivity contribution in [3.05, 3.63) is 102 Å². The summed E-state index contributed by atoms with van der Waals surface area (Å²) < 4.78 is 18.9. The minimum Gasteiger partial charge on any atom is -0.505 e. The fourth-order valence-electron chi connectivity index (χ4n) is 4.40. The maximum atomic E-state index is 14.2. The van der Waals surface area contributed by atoms with Crippen LogP contribution in [0.15, 0.2) is 90.0 Å². The van der Waals surface area contributed by atoms with Crippen molar-refractivity contribution in [2.24, 2.45) is 5.10 Å². The Hall–Kier alpha value is -5.18. The number of aromatic hydroxyl groups is 1. The lowest BCUT2D eigenvalue weighted by molar-refractivity contribution is -0.111. The summed E-state index contributed by atoms with van der Waals surface area (Å²) in [5, 5.41) is 24.1. The van der Waals surface area contributed by atoms with Gasteiger partial charge in [0, 0.05) is 16.8 Å². The summed E-state index contributed by atoms with van der Waals surface area (Å²) in [6, 6.07) is 22.7. The molecule has 1 aliphatic heterocycles. The molecule has 0 saturated carbocycles. The zero-order valence-corrected chi connectivity index (χ0v) is 21.1. The van der Waals surface area contributed by atoms with Gasteiger partial charge in [-0.25, -0.2) is 9.18 Å². The molecule has 1 heterocycles. The smallest absolute Gasteiger partial charge is 0.505 e. The highest BCUT2D eigenvalue weighted by Gasteiger charge is 2.35. The Labute approximate surface area is 223 Å². The SMILES string of the molecule is CC(C)c1ccc(N2C(=O)C(=NNc3cccc(-c4cccc(OC(=O)O)c4)c3O)c3ccc(F)cc32)cc1. The number of carbonyl (C=O) groups is 2. The Morgan fingerprint density at radius 1 is 0.974 bits per heavy atom. The first kappa shape index (κ1) is 25.5. The van der Waals surface area contributed by atoms with E-state index >= 15 is 0 Å². The number of phenols is 1. The maximum Gasteiger partial charge on any atom is 0.511 e. The van der Waals surface area contributed by atoms with E-state index < -0.39 is 17.9 Å². The highest BCUT2D eigenvalue weighted by Crippen LogP contribution is 2.39. The molecule has 39 heavy (non-hydrogen) atoms. The molecule has 0 atom stereocenters. The minimum atomic E-state index is -1.45.